The summed E-state index contributed by atoms with van der Waals surface area (Å²) in [4.78, 5) is 14.9. The summed E-state index contributed by atoms with van der Waals surface area (Å²) in [6, 6.07) is 7.96. The normalized spacial score (nSPS) is 17.2. The van der Waals surface area contributed by atoms with Gasteiger partial charge in [0.05, 0.1) is 11.3 Å². The van der Waals surface area contributed by atoms with Crippen molar-refractivity contribution < 1.29 is 14.3 Å². The van der Waals surface area contributed by atoms with Crippen molar-refractivity contribution in [3.05, 3.63) is 59.1 Å². The van der Waals surface area contributed by atoms with Gasteiger partial charge in [-0.3, -0.25) is 4.79 Å². The molecule has 1 aliphatic carbocycles. The van der Waals surface area contributed by atoms with Crippen LogP contribution in [0.25, 0.3) is 21.9 Å². The lowest BCUT2D eigenvalue weighted by molar-refractivity contribution is -0.104. The Morgan fingerprint density at radius 2 is 1.82 bits per heavy atom. The zero-order chi connectivity index (χ0) is 23.7. The number of allylic oxidation sites excluding steroid dienone is 1. The van der Waals surface area contributed by atoms with Crippen molar-refractivity contribution >= 4 is 34.5 Å². The predicted octanol–water partition coefficient (Wildman–Crippen LogP) is 5.29. The third-order valence-electron chi connectivity index (χ3n) is 6.87. The average molecular weight is 481 g/mol. The minimum atomic E-state index is -0.523. The summed E-state index contributed by atoms with van der Waals surface area (Å²) in [6.07, 6.45) is 8.49. The molecule has 5 rings (SSSR count). The van der Waals surface area contributed by atoms with Gasteiger partial charge >= 0.3 is 0 Å². The second-order valence-corrected chi connectivity index (χ2v) is 9.31. The first-order valence-corrected chi connectivity index (χ1v) is 12.0. The minimum Gasteiger partial charge on any atom is -0.507 e. The molecule has 0 amide bonds. The van der Waals surface area contributed by atoms with E-state index in [0.717, 1.165) is 80.4 Å². The van der Waals surface area contributed by atoms with Crippen LogP contribution in [0.1, 0.15) is 37.3 Å². The molecule has 8 heteroatoms. The van der Waals surface area contributed by atoms with Crippen molar-refractivity contribution in [1.82, 2.24) is 15.1 Å². The van der Waals surface area contributed by atoms with Crippen LogP contribution in [0.5, 0.6) is 5.75 Å². The maximum absolute atomic E-state index is 14.7. The highest BCUT2D eigenvalue weighted by atomic mass is 35.5. The van der Waals surface area contributed by atoms with Crippen molar-refractivity contribution in [1.29, 1.82) is 0 Å². The van der Waals surface area contributed by atoms with Crippen LogP contribution < -0.4 is 4.90 Å². The van der Waals surface area contributed by atoms with Gasteiger partial charge < -0.3 is 14.9 Å². The molecule has 34 heavy (non-hydrogen) atoms. The van der Waals surface area contributed by atoms with Crippen molar-refractivity contribution in [2.75, 3.05) is 31.1 Å². The van der Waals surface area contributed by atoms with Gasteiger partial charge in [0.15, 0.2) is 5.82 Å². The van der Waals surface area contributed by atoms with Gasteiger partial charge in [0.2, 0.25) is 0 Å². The van der Waals surface area contributed by atoms with Gasteiger partial charge in [0, 0.05) is 59.7 Å². The Morgan fingerprint density at radius 1 is 1.06 bits per heavy atom. The highest BCUT2D eigenvalue weighted by molar-refractivity contribution is 6.34. The molecule has 6 nitrogen and oxygen atoms in total. The van der Waals surface area contributed by atoms with E-state index in [0.29, 0.717) is 16.5 Å². The highest BCUT2D eigenvalue weighted by Gasteiger charge is 2.26. The highest BCUT2D eigenvalue weighted by Crippen LogP contribution is 2.43. The quantitative estimate of drug-likeness (QED) is 0.395. The van der Waals surface area contributed by atoms with Gasteiger partial charge in [-0.1, -0.05) is 30.5 Å². The number of piperazine rings is 1. The van der Waals surface area contributed by atoms with Crippen molar-refractivity contribution in [3.63, 3.8) is 0 Å². The molecule has 1 saturated carbocycles. The molecule has 1 N–H and O–H groups in total. The second kappa shape index (κ2) is 9.58. The van der Waals surface area contributed by atoms with Crippen LogP contribution in [0, 0.1) is 5.82 Å². The van der Waals surface area contributed by atoms with E-state index in [2.05, 4.69) is 20.0 Å². The molecule has 0 atom stereocenters. The Kier molecular flexibility index (Phi) is 6.37. The van der Waals surface area contributed by atoms with Gasteiger partial charge in [-0.25, -0.2) is 4.39 Å². The molecule has 1 saturated heterocycles. The van der Waals surface area contributed by atoms with Crippen molar-refractivity contribution in [2.45, 2.75) is 31.6 Å². The fraction of sp³-hybridized carbons (Fsp3) is 0.346. The summed E-state index contributed by atoms with van der Waals surface area (Å²) in [5, 5.41) is 21.9. The molecule has 1 aromatic heterocycles. The van der Waals surface area contributed by atoms with E-state index < -0.39 is 5.82 Å². The number of rotatable bonds is 5. The lowest BCUT2D eigenvalue weighted by Gasteiger charge is -2.35. The number of anilines is 1. The zero-order valence-electron chi connectivity index (χ0n) is 18.8. The van der Waals surface area contributed by atoms with E-state index in [1.165, 1.54) is 24.3 Å². The van der Waals surface area contributed by atoms with Crippen LogP contribution in [0.3, 0.4) is 0 Å². The Hall–Kier alpha value is -3.19. The zero-order valence-corrected chi connectivity index (χ0v) is 19.5. The van der Waals surface area contributed by atoms with Gasteiger partial charge in [-0.05, 0) is 43.2 Å². The first kappa shape index (κ1) is 22.6. The first-order valence-electron chi connectivity index (χ1n) is 11.7. The summed E-state index contributed by atoms with van der Waals surface area (Å²) < 4.78 is 14.7. The number of benzene rings is 2. The average Bonchev–Trinajstić information content (AvgIpc) is 3.37. The minimum absolute atomic E-state index is 0.0979. The molecule has 0 radical (unpaired) electrons. The smallest absolute Gasteiger partial charge is 0.159 e. The summed E-state index contributed by atoms with van der Waals surface area (Å²) >= 11 is 6.69. The van der Waals surface area contributed by atoms with Crippen LogP contribution in [-0.2, 0) is 4.79 Å². The standard InChI is InChI=1S/C26H26ClFN4O2/c27-21-16-19-18(15-20(21)24-22(28)7-3-8-23(24)34)25(17-5-1-2-6-17)29-30-26(19)32-12-10-31(11-13-32)9-4-14-33/h3-4,7-9,14-17,34H,1-2,5-6,10-13H2. The number of nitrogens with zero attached hydrogens (tertiary/aromatic N) is 4. The molecule has 176 valence electrons. The summed E-state index contributed by atoms with van der Waals surface area (Å²) in [6.45, 7) is 2.96. The van der Waals surface area contributed by atoms with Crippen LogP contribution in [0.4, 0.5) is 10.2 Å². The molecule has 0 unspecified atom stereocenters. The Labute approximate surface area is 202 Å². The van der Waals surface area contributed by atoms with Crippen LogP contribution in [0.15, 0.2) is 42.6 Å². The molecule has 2 aliphatic rings. The van der Waals surface area contributed by atoms with Crippen molar-refractivity contribution in [3.8, 4) is 16.9 Å². The molecular formula is C26H26ClFN4O2. The number of aromatic hydroxyl groups is 1. The Bertz CT molecular complexity index is 1230. The van der Waals surface area contributed by atoms with Gasteiger partial charge in [-0.15, -0.1) is 5.10 Å². The number of hydrogen-bond donors (Lipinski definition) is 1. The number of phenolic OH excluding ortho intramolecular Hbond substituents is 1. The Morgan fingerprint density at radius 3 is 2.53 bits per heavy atom. The van der Waals surface area contributed by atoms with E-state index in [9.17, 15) is 14.3 Å². The van der Waals surface area contributed by atoms with E-state index in [4.69, 9.17) is 11.6 Å². The number of hydrogen-bond acceptors (Lipinski definition) is 6. The van der Waals surface area contributed by atoms with E-state index >= 15 is 0 Å². The number of phenols is 1. The summed E-state index contributed by atoms with van der Waals surface area (Å²) in [7, 11) is 0. The van der Waals surface area contributed by atoms with Gasteiger partial charge in [-0.2, -0.15) is 5.10 Å². The van der Waals surface area contributed by atoms with Crippen LogP contribution in [-0.4, -0.2) is 52.7 Å². The number of fused-ring (bicyclic) bond motifs is 1. The van der Waals surface area contributed by atoms with E-state index in [1.807, 2.05) is 12.1 Å². The lowest BCUT2D eigenvalue weighted by atomic mass is 9.94. The predicted molar refractivity (Wildman–Crippen MR) is 132 cm³/mol. The number of carbonyl (C=O) groups excluding carboxylic acids is 1. The molecule has 2 heterocycles. The maximum atomic E-state index is 14.7. The van der Waals surface area contributed by atoms with Crippen LogP contribution >= 0.6 is 11.6 Å². The number of aromatic nitrogens is 2. The summed E-state index contributed by atoms with van der Waals surface area (Å²) in [5.41, 5.74) is 1.46. The second-order valence-electron chi connectivity index (χ2n) is 8.90. The summed E-state index contributed by atoms with van der Waals surface area (Å²) in [5.74, 6) is 0.385. The first-order chi connectivity index (χ1) is 16.6. The van der Waals surface area contributed by atoms with E-state index in [1.54, 1.807) is 6.20 Å². The van der Waals surface area contributed by atoms with Gasteiger partial charge in [0.25, 0.3) is 0 Å². The van der Waals surface area contributed by atoms with Crippen molar-refractivity contribution in [2.24, 2.45) is 0 Å². The number of carbonyl (C=O) groups is 1. The largest absolute Gasteiger partial charge is 0.507 e. The Balaban J connectivity index is 1.62. The molecule has 2 fully saturated rings. The molecule has 0 spiro atoms. The molecule has 0 bridgehead atoms. The van der Waals surface area contributed by atoms with E-state index in [-0.39, 0.29) is 11.3 Å². The SMILES string of the molecule is O=CC=CN1CCN(c2nnc(C3CCCC3)c3cc(-c4c(O)cccc4F)c(Cl)cc23)CC1. The monoisotopic (exact) mass is 480 g/mol. The molecule has 3 aromatic rings. The molecule has 1 aliphatic heterocycles. The number of halogens is 2. The fourth-order valence-corrected chi connectivity index (χ4v) is 5.38. The third-order valence-corrected chi connectivity index (χ3v) is 7.18. The lowest BCUT2D eigenvalue weighted by Crippen LogP contribution is -2.44. The maximum Gasteiger partial charge on any atom is 0.159 e. The topological polar surface area (TPSA) is 69.6 Å². The van der Waals surface area contributed by atoms with Gasteiger partial charge in [0.1, 0.15) is 17.9 Å². The molecular weight excluding hydrogens is 455 g/mol. The molecule has 2 aromatic carbocycles. The van der Waals surface area contributed by atoms with Crippen LogP contribution in [0.2, 0.25) is 5.02 Å². The fourth-order valence-electron chi connectivity index (χ4n) is 5.12. The third kappa shape index (κ3) is 4.20. The number of aldehydes is 1.